The van der Waals surface area contributed by atoms with Crippen molar-refractivity contribution in [3.05, 3.63) is 71.7 Å². The van der Waals surface area contributed by atoms with Crippen LogP contribution >= 0.6 is 0 Å². The molecular weight excluding hydrogens is 497 g/mol. The van der Waals surface area contributed by atoms with Gasteiger partial charge in [-0.2, -0.15) is 0 Å². The zero-order chi connectivity index (χ0) is 27.4. The average molecular weight is 534 g/mol. The molecule has 0 aliphatic carbocycles. The van der Waals surface area contributed by atoms with Crippen LogP contribution in [0.1, 0.15) is 62.1 Å². The number of nitrogens with zero attached hydrogens (tertiary/aromatic N) is 3. The third-order valence-electron chi connectivity index (χ3n) is 8.10. The van der Waals surface area contributed by atoms with E-state index in [4.69, 9.17) is 9.26 Å². The highest BCUT2D eigenvalue weighted by Crippen LogP contribution is 2.40. The van der Waals surface area contributed by atoms with Crippen LogP contribution in [0.25, 0.3) is 11.3 Å². The monoisotopic (exact) mass is 533 g/mol. The van der Waals surface area contributed by atoms with Gasteiger partial charge in [0.05, 0.1) is 12.0 Å². The maximum absolute atomic E-state index is 14.1. The first-order valence-electron chi connectivity index (χ1n) is 13.9. The standard InChI is InChI=1S/C31H36FN3O4/c1-22(2)35-18-19-38-27-12-4-3-8-23(27)9-5-6-13-31(30(35)37)14-16-34(17-15-31)29(36)28-21-26(33-39-28)24-10-7-11-25(32)20-24/h3-4,7-8,10-12,20-22H,5-6,9,13-19H2,1-2H3. The summed E-state index contributed by atoms with van der Waals surface area (Å²) in [6.07, 6.45) is 4.82. The summed E-state index contributed by atoms with van der Waals surface area (Å²) < 4.78 is 25.1. The summed E-state index contributed by atoms with van der Waals surface area (Å²) in [5.41, 5.74) is 1.67. The van der Waals surface area contributed by atoms with Crippen molar-refractivity contribution in [3.8, 4) is 17.0 Å². The Morgan fingerprint density at radius 2 is 1.79 bits per heavy atom. The summed E-state index contributed by atoms with van der Waals surface area (Å²) in [7, 11) is 0. The van der Waals surface area contributed by atoms with Crippen LogP contribution in [-0.4, -0.2) is 59.1 Å². The SMILES string of the molecule is CC(C)N1CCOc2ccccc2CCCCC2(CCN(C(=O)c3cc(-c4cccc(F)c4)no3)CC2)C1=O. The maximum atomic E-state index is 14.1. The van der Waals surface area contributed by atoms with Gasteiger partial charge in [-0.1, -0.05) is 41.9 Å². The molecule has 39 heavy (non-hydrogen) atoms. The Kier molecular flexibility index (Phi) is 8.00. The second-order valence-corrected chi connectivity index (χ2v) is 10.9. The number of amides is 2. The number of halogens is 1. The molecule has 2 aliphatic rings. The Balaban J connectivity index is 1.30. The maximum Gasteiger partial charge on any atom is 0.292 e. The number of carbonyl (C=O) groups is 2. The number of piperidine rings is 1. The molecule has 2 amide bonds. The Morgan fingerprint density at radius 1 is 1.00 bits per heavy atom. The molecule has 1 fully saturated rings. The number of ether oxygens (including phenoxy) is 1. The fourth-order valence-corrected chi connectivity index (χ4v) is 5.81. The number of aryl methyl sites for hydroxylation is 1. The van der Waals surface area contributed by atoms with Gasteiger partial charge in [-0.25, -0.2) is 4.39 Å². The summed E-state index contributed by atoms with van der Waals surface area (Å²) in [6, 6.07) is 15.8. The van der Waals surface area contributed by atoms with Gasteiger partial charge in [-0.3, -0.25) is 9.59 Å². The van der Waals surface area contributed by atoms with Crippen molar-refractivity contribution in [3.63, 3.8) is 0 Å². The van der Waals surface area contributed by atoms with Crippen LogP contribution in [0.2, 0.25) is 0 Å². The number of aromatic nitrogens is 1. The van der Waals surface area contributed by atoms with Gasteiger partial charge in [0.15, 0.2) is 0 Å². The van der Waals surface area contributed by atoms with Crippen molar-refractivity contribution in [1.29, 1.82) is 0 Å². The number of fused-ring (bicyclic) bond motifs is 1. The highest BCUT2D eigenvalue weighted by atomic mass is 19.1. The predicted molar refractivity (Wildman–Crippen MR) is 146 cm³/mol. The molecule has 1 spiro atoms. The Bertz CT molecular complexity index is 1310. The molecule has 0 atom stereocenters. The van der Waals surface area contributed by atoms with Crippen molar-refractivity contribution >= 4 is 11.8 Å². The van der Waals surface area contributed by atoms with E-state index < -0.39 is 5.41 Å². The minimum atomic E-state index is -0.506. The molecule has 0 saturated carbocycles. The van der Waals surface area contributed by atoms with Crippen molar-refractivity contribution in [2.24, 2.45) is 5.41 Å². The molecule has 3 heterocycles. The van der Waals surface area contributed by atoms with Gasteiger partial charge in [0, 0.05) is 30.8 Å². The summed E-state index contributed by atoms with van der Waals surface area (Å²) in [5, 5.41) is 3.98. The average Bonchev–Trinajstić information content (AvgIpc) is 3.43. The Hall–Kier alpha value is -3.68. The highest BCUT2D eigenvalue weighted by molar-refractivity contribution is 5.93. The fraction of sp³-hybridized carbons (Fsp3) is 0.452. The molecule has 0 radical (unpaired) electrons. The molecule has 3 aromatic rings. The number of benzene rings is 2. The zero-order valence-electron chi connectivity index (χ0n) is 22.7. The van der Waals surface area contributed by atoms with Gasteiger partial charge >= 0.3 is 0 Å². The lowest BCUT2D eigenvalue weighted by atomic mass is 9.72. The molecule has 0 N–H and O–H groups in total. The fourth-order valence-electron chi connectivity index (χ4n) is 5.81. The second-order valence-electron chi connectivity index (χ2n) is 10.9. The lowest BCUT2D eigenvalue weighted by Gasteiger charge is -2.44. The van der Waals surface area contributed by atoms with Crippen molar-refractivity contribution in [2.75, 3.05) is 26.2 Å². The predicted octanol–water partition coefficient (Wildman–Crippen LogP) is 5.75. The summed E-state index contributed by atoms with van der Waals surface area (Å²) in [6.45, 7) is 5.99. The molecule has 1 saturated heterocycles. The van der Waals surface area contributed by atoms with Crippen LogP contribution in [-0.2, 0) is 11.2 Å². The van der Waals surface area contributed by atoms with Crippen molar-refractivity contribution < 1.29 is 23.2 Å². The van der Waals surface area contributed by atoms with E-state index >= 15 is 0 Å². The number of carbonyl (C=O) groups excluding carboxylic acids is 2. The van der Waals surface area contributed by atoms with E-state index in [1.54, 1.807) is 23.1 Å². The van der Waals surface area contributed by atoms with E-state index in [1.807, 2.05) is 36.9 Å². The van der Waals surface area contributed by atoms with Gasteiger partial charge < -0.3 is 19.1 Å². The second kappa shape index (κ2) is 11.6. The van der Waals surface area contributed by atoms with Crippen LogP contribution in [0.3, 0.4) is 0 Å². The van der Waals surface area contributed by atoms with Gasteiger partial charge in [0.1, 0.15) is 23.9 Å². The summed E-state index contributed by atoms with van der Waals surface area (Å²) in [4.78, 5) is 31.0. The Morgan fingerprint density at radius 3 is 2.56 bits per heavy atom. The molecule has 0 unspecified atom stereocenters. The van der Waals surface area contributed by atoms with Crippen molar-refractivity contribution in [2.45, 2.75) is 58.4 Å². The van der Waals surface area contributed by atoms with E-state index in [0.29, 0.717) is 50.3 Å². The number of rotatable bonds is 3. The van der Waals surface area contributed by atoms with E-state index in [1.165, 1.54) is 17.7 Å². The van der Waals surface area contributed by atoms with E-state index in [0.717, 1.165) is 31.4 Å². The van der Waals surface area contributed by atoms with Crippen LogP contribution in [0.5, 0.6) is 5.75 Å². The number of hydrogen-bond donors (Lipinski definition) is 0. The Labute approximate surface area is 228 Å². The van der Waals surface area contributed by atoms with E-state index in [9.17, 15) is 14.0 Å². The summed E-state index contributed by atoms with van der Waals surface area (Å²) in [5.74, 6) is 0.553. The molecule has 8 heteroatoms. The van der Waals surface area contributed by atoms with Gasteiger partial charge in [-0.15, -0.1) is 0 Å². The third-order valence-corrected chi connectivity index (χ3v) is 8.10. The molecule has 2 aromatic carbocycles. The first-order chi connectivity index (χ1) is 18.9. The first-order valence-corrected chi connectivity index (χ1v) is 13.9. The molecule has 0 bridgehead atoms. The van der Waals surface area contributed by atoms with E-state index in [-0.39, 0.29) is 29.4 Å². The quantitative estimate of drug-likeness (QED) is 0.429. The highest BCUT2D eigenvalue weighted by Gasteiger charge is 2.44. The van der Waals surface area contributed by atoms with Gasteiger partial charge in [0.2, 0.25) is 11.7 Å². The minimum Gasteiger partial charge on any atom is -0.491 e. The molecule has 5 rings (SSSR count). The van der Waals surface area contributed by atoms with Crippen LogP contribution < -0.4 is 4.74 Å². The lowest BCUT2D eigenvalue weighted by Crippen LogP contribution is -2.53. The van der Waals surface area contributed by atoms with Crippen LogP contribution in [0.4, 0.5) is 4.39 Å². The molecule has 2 aliphatic heterocycles. The van der Waals surface area contributed by atoms with Crippen LogP contribution in [0, 0.1) is 11.2 Å². The molecule has 7 nitrogen and oxygen atoms in total. The third kappa shape index (κ3) is 5.84. The molecule has 1 aromatic heterocycles. The normalized spacial score (nSPS) is 18.3. The smallest absolute Gasteiger partial charge is 0.292 e. The summed E-state index contributed by atoms with van der Waals surface area (Å²) >= 11 is 0. The van der Waals surface area contributed by atoms with E-state index in [2.05, 4.69) is 11.2 Å². The number of likely N-dealkylation sites (tertiary alicyclic amines) is 1. The molecule has 206 valence electrons. The molecular formula is C31H36FN3O4. The van der Waals surface area contributed by atoms with Gasteiger partial charge in [0.25, 0.3) is 5.91 Å². The number of para-hydroxylation sites is 1. The zero-order valence-corrected chi connectivity index (χ0v) is 22.7. The largest absolute Gasteiger partial charge is 0.491 e. The number of hydrogen-bond acceptors (Lipinski definition) is 5. The van der Waals surface area contributed by atoms with Crippen molar-refractivity contribution in [1.82, 2.24) is 15.0 Å². The topological polar surface area (TPSA) is 75.9 Å². The lowest BCUT2D eigenvalue weighted by molar-refractivity contribution is -0.148. The minimum absolute atomic E-state index is 0.0475. The first kappa shape index (κ1) is 26.9. The van der Waals surface area contributed by atoms with Gasteiger partial charge in [-0.05, 0) is 69.7 Å². The van der Waals surface area contributed by atoms with Crippen LogP contribution in [0.15, 0.2) is 59.1 Å².